The maximum Gasteiger partial charge on any atom is 0.333 e. The molecule has 0 rings (SSSR count). The fourth-order valence-electron chi connectivity index (χ4n) is 0.668. The third-order valence-electron chi connectivity index (χ3n) is 1.42. The molecule has 2 heteroatoms. The zero-order valence-corrected chi connectivity index (χ0v) is 7.80. The van der Waals surface area contributed by atoms with E-state index in [1.54, 1.807) is 19.1 Å². The number of hydrogen-bond acceptors (Lipinski definition) is 2. The Kier molecular flexibility index (Phi) is 6.07. The van der Waals surface area contributed by atoms with E-state index in [9.17, 15) is 4.79 Å². The van der Waals surface area contributed by atoms with Crippen molar-refractivity contribution >= 4 is 5.97 Å². The fraction of sp³-hybridized carbons (Fsp3) is 0.500. The molecule has 0 aromatic rings. The first kappa shape index (κ1) is 11.0. The molecule has 0 atom stereocenters. The minimum atomic E-state index is -0.247. The van der Waals surface area contributed by atoms with Crippen LogP contribution in [0, 0.1) is 0 Å². The molecule has 0 radical (unpaired) electrons. The maximum atomic E-state index is 11.1. The van der Waals surface area contributed by atoms with Crippen molar-refractivity contribution < 1.29 is 9.53 Å². The van der Waals surface area contributed by atoms with Crippen LogP contribution in [-0.4, -0.2) is 12.6 Å². The summed E-state index contributed by atoms with van der Waals surface area (Å²) >= 11 is 0. The van der Waals surface area contributed by atoms with Crippen molar-refractivity contribution in [1.29, 1.82) is 0 Å². The van der Waals surface area contributed by atoms with Gasteiger partial charge in [0.1, 0.15) is 0 Å². The van der Waals surface area contributed by atoms with Crippen LogP contribution >= 0.6 is 0 Å². The molecule has 0 N–H and O–H groups in total. The van der Waals surface area contributed by atoms with Gasteiger partial charge in [-0.3, -0.25) is 0 Å². The molecule has 0 bridgehead atoms. The first-order chi connectivity index (χ1) is 5.72. The Bertz CT molecular complexity index is 180. The summed E-state index contributed by atoms with van der Waals surface area (Å²) in [7, 11) is 0. The molecule has 0 aliphatic heterocycles. The van der Waals surface area contributed by atoms with Crippen LogP contribution in [0.5, 0.6) is 0 Å². The van der Waals surface area contributed by atoms with E-state index in [2.05, 4.69) is 13.5 Å². The Morgan fingerprint density at radius 2 is 2.25 bits per heavy atom. The third kappa shape index (κ3) is 4.72. The second-order valence-corrected chi connectivity index (χ2v) is 2.57. The Morgan fingerprint density at radius 1 is 1.58 bits per heavy atom. The summed E-state index contributed by atoms with van der Waals surface area (Å²) < 4.78 is 4.94. The first-order valence-corrected chi connectivity index (χ1v) is 4.18. The van der Waals surface area contributed by atoms with Gasteiger partial charge in [0.05, 0.1) is 6.61 Å². The topological polar surface area (TPSA) is 26.3 Å². The normalized spacial score (nSPS) is 11.0. The molecule has 0 unspecified atom stereocenters. The number of carbonyl (C=O) groups excluding carboxylic acids is 1. The van der Waals surface area contributed by atoms with Crippen LogP contribution in [0.1, 0.15) is 26.7 Å². The molecule has 0 fully saturated rings. The van der Waals surface area contributed by atoms with Crippen molar-refractivity contribution in [2.24, 2.45) is 0 Å². The number of esters is 1. The van der Waals surface area contributed by atoms with Gasteiger partial charge in [-0.15, -0.1) is 0 Å². The average molecular weight is 168 g/mol. The van der Waals surface area contributed by atoms with Gasteiger partial charge in [-0.1, -0.05) is 32.1 Å². The predicted molar refractivity (Wildman–Crippen MR) is 49.8 cm³/mol. The largest absolute Gasteiger partial charge is 0.462 e. The highest BCUT2D eigenvalue weighted by Crippen LogP contribution is 1.98. The van der Waals surface area contributed by atoms with Crippen LogP contribution in [-0.2, 0) is 9.53 Å². The fourth-order valence-corrected chi connectivity index (χ4v) is 0.668. The molecule has 12 heavy (non-hydrogen) atoms. The molecule has 2 nitrogen and oxygen atoms in total. The van der Waals surface area contributed by atoms with Gasteiger partial charge in [-0.05, 0) is 13.3 Å². The lowest BCUT2D eigenvalue weighted by Gasteiger charge is -2.02. The lowest BCUT2D eigenvalue weighted by atomic mass is 10.3. The van der Waals surface area contributed by atoms with Crippen LogP contribution in [0.2, 0.25) is 0 Å². The SMILES string of the molecule is C=CC=C(C)C(=O)OCCCC. The minimum absolute atomic E-state index is 0.247. The Morgan fingerprint density at radius 3 is 2.75 bits per heavy atom. The third-order valence-corrected chi connectivity index (χ3v) is 1.42. The van der Waals surface area contributed by atoms with Crippen molar-refractivity contribution in [3.8, 4) is 0 Å². The highest BCUT2D eigenvalue weighted by Gasteiger charge is 2.02. The van der Waals surface area contributed by atoms with Gasteiger partial charge in [0.15, 0.2) is 0 Å². The quantitative estimate of drug-likeness (QED) is 0.273. The molecule has 68 valence electrons. The molecular weight excluding hydrogens is 152 g/mol. The summed E-state index contributed by atoms with van der Waals surface area (Å²) in [5.74, 6) is -0.247. The molecule has 0 saturated carbocycles. The first-order valence-electron chi connectivity index (χ1n) is 4.18. The van der Waals surface area contributed by atoms with E-state index < -0.39 is 0 Å². The zero-order chi connectivity index (χ0) is 9.40. The van der Waals surface area contributed by atoms with Gasteiger partial charge in [-0.2, -0.15) is 0 Å². The number of allylic oxidation sites excluding steroid dienone is 2. The summed E-state index contributed by atoms with van der Waals surface area (Å²) in [5.41, 5.74) is 0.598. The Labute approximate surface area is 73.9 Å². The number of carbonyl (C=O) groups is 1. The van der Waals surface area contributed by atoms with Gasteiger partial charge >= 0.3 is 5.97 Å². The van der Waals surface area contributed by atoms with E-state index in [-0.39, 0.29) is 5.97 Å². The van der Waals surface area contributed by atoms with Crippen molar-refractivity contribution in [2.45, 2.75) is 26.7 Å². The summed E-state index contributed by atoms with van der Waals surface area (Å²) in [6.07, 6.45) is 5.19. The monoisotopic (exact) mass is 168 g/mol. The molecule has 0 aromatic heterocycles. The average Bonchev–Trinajstić information content (AvgIpc) is 2.05. The molecule has 0 aromatic carbocycles. The predicted octanol–water partition coefficient (Wildman–Crippen LogP) is 2.46. The van der Waals surface area contributed by atoms with Crippen molar-refractivity contribution in [3.05, 3.63) is 24.3 Å². The lowest BCUT2D eigenvalue weighted by molar-refractivity contribution is -0.139. The van der Waals surface area contributed by atoms with Crippen LogP contribution in [0.15, 0.2) is 24.3 Å². The summed E-state index contributed by atoms with van der Waals surface area (Å²) in [6.45, 7) is 7.78. The number of unbranched alkanes of at least 4 members (excludes halogenated alkanes) is 1. The van der Waals surface area contributed by atoms with E-state index in [0.717, 1.165) is 12.8 Å². The van der Waals surface area contributed by atoms with E-state index >= 15 is 0 Å². The van der Waals surface area contributed by atoms with Gasteiger partial charge in [0.25, 0.3) is 0 Å². The van der Waals surface area contributed by atoms with Crippen molar-refractivity contribution in [2.75, 3.05) is 6.61 Å². The second-order valence-electron chi connectivity index (χ2n) is 2.57. The smallest absolute Gasteiger partial charge is 0.333 e. The molecule has 0 saturated heterocycles. The second kappa shape index (κ2) is 6.65. The molecule has 0 amide bonds. The van der Waals surface area contributed by atoms with Gasteiger partial charge in [0, 0.05) is 5.57 Å². The molecule has 0 aliphatic carbocycles. The van der Waals surface area contributed by atoms with Crippen molar-refractivity contribution in [3.63, 3.8) is 0 Å². The Hall–Kier alpha value is -1.05. The van der Waals surface area contributed by atoms with Crippen LogP contribution in [0.3, 0.4) is 0 Å². The van der Waals surface area contributed by atoms with E-state index in [1.807, 2.05) is 0 Å². The molecular formula is C10H16O2. The van der Waals surface area contributed by atoms with E-state index in [4.69, 9.17) is 4.74 Å². The van der Waals surface area contributed by atoms with Gasteiger partial charge < -0.3 is 4.74 Å². The van der Waals surface area contributed by atoms with Crippen LogP contribution in [0.25, 0.3) is 0 Å². The van der Waals surface area contributed by atoms with Crippen molar-refractivity contribution in [1.82, 2.24) is 0 Å². The summed E-state index contributed by atoms with van der Waals surface area (Å²) in [5, 5.41) is 0. The number of rotatable bonds is 5. The minimum Gasteiger partial charge on any atom is -0.462 e. The van der Waals surface area contributed by atoms with Crippen LogP contribution in [0.4, 0.5) is 0 Å². The maximum absolute atomic E-state index is 11.1. The van der Waals surface area contributed by atoms with E-state index in [0.29, 0.717) is 12.2 Å². The van der Waals surface area contributed by atoms with Crippen LogP contribution < -0.4 is 0 Å². The highest BCUT2D eigenvalue weighted by molar-refractivity contribution is 5.88. The summed E-state index contributed by atoms with van der Waals surface area (Å²) in [6, 6.07) is 0. The number of hydrogen-bond donors (Lipinski definition) is 0. The standard InChI is InChI=1S/C10H16O2/c1-4-6-8-12-10(11)9(3)7-5-2/h5,7H,2,4,6,8H2,1,3H3. The highest BCUT2D eigenvalue weighted by atomic mass is 16.5. The zero-order valence-electron chi connectivity index (χ0n) is 7.80. The molecule has 0 spiro atoms. The Balaban J connectivity index is 3.72. The van der Waals surface area contributed by atoms with Gasteiger partial charge in [0.2, 0.25) is 0 Å². The van der Waals surface area contributed by atoms with Gasteiger partial charge in [-0.25, -0.2) is 4.79 Å². The summed E-state index contributed by atoms with van der Waals surface area (Å²) in [4.78, 5) is 11.1. The number of ether oxygens (including phenoxy) is 1. The van der Waals surface area contributed by atoms with E-state index in [1.165, 1.54) is 0 Å². The molecule has 0 heterocycles. The lowest BCUT2D eigenvalue weighted by Crippen LogP contribution is -2.06. The molecule has 0 aliphatic rings.